The molecule has 1 amide bonds. The first-order valence-electron chi connectivity index (χ1n) is 8.10. The van der Waals surface area contributed by atoms with Crippen molar-refractivity contribution < 1.29 is 14.3 Å². The fraction of sp³-hybridized carbons (Fsp3) is 0.316. The van der Waals surface area contributed by atoms with E-state index >= 15 is 0 Å². The number of hydrogen-bond acceptors (Lipinski definition) is 3. The predicted molar refractivity (Wildman–Crippen MR) is 89.5 cm³/mol. The largest absolute Gasteiger partial charge is 0.454 e. The lowest BCUT2D eigenvalue weighted by Gasteiger charge is -2.25. The van der Waals surface area contributed by atoms with Crippen LogP contribution in [0.15, 0.2) is 36.4 Å². The zero-order valence-electron chi connectivity index (χ0n) is 13.0. The number of fused-ring (bicyclic) bond motifs is 2. The Balaban J connectivity index is 1.55. The minimum absolute atomic E-state index is 0.107. The third-order valence-electron chi connectivity index (χ3n) is 4.44. The van der Waals surface area contributed by atoms with E-state index in [2.05, 4.69) is 6.07 Å². The van der Waals surface area contributed by atoms with Gasteiger partial charge >= 0.3 is 0 Å². The molecular formula is C19H19NO3. The van der Waals surface area contributed by atoms with Crippen LogP contribution < -0.4 is 9.47 Å². The van der Waals surface area contributed by atoms with Gasteiger partial charge in [0.15, 0.2) is 11.5 Å². The van der Waals surface area contributed by atoms with Gasteiger partial charge in [-0.2, -0.15) is 0 Å². The van der Waals surface area contributed by atoms with Crippen molar-refractivity contribution in [3.63, 3.8) is 0 Å². The van der Waals surface area contributed by atoms with Gasteiger partial charge in [0.1, 0.15) is 0 Å². The van der Waals surface area contributed by atoms with Gasteiger partial charge < -0.3 is 14.4 Å². The van der Waals surface area contributed by atoms with Crippen molar-refractivity contribution in [3.8, 4) is 11.5 Å². The minimum Gasteiger partial charge on any atom is -0.454 e. The molecule has 2 aromatic carbocycles. The van der Waals surface area contributed by atoms with Crippen LogP contribution in [-0.2, 0) is 4.79 Å². The lowest BCUT2D eigenvalue weighted by Crippen LogP contribution is -2.34. The van der Waals surface area contributed by atoms with Gasteiger partial charge in [-0.15, -0.1) is 0 Å². The van der Waals surface area contributed by atoms with E-state index < -0.39 is 0 Å². The molecule has 4 rings (SSSR count). The lowest BCUT2D eigenvalue weighted by atomic mass is 10.1. The monoisotopic (exact) mass is 309 g/mol. The summed E-state index contributed by atoms with van der Waals surface area (Å²) < 4.78 is 10.8. The van der Waals surface area contributed by atoms with Gasteiger partial charge in [0.2, 0.25) is 12.7 Å². The van der Waals surface area contributed by atoms with Crippen molar-refractivity contribution in [1.82, 2.24) is 4.90 Å². The Morgan fingerprint density at radius 3 is 2.48 bits per heavy atom. The van der Waals surface area contributed by atoms with Gasteiger partial charge in [-0.1, -0.05) is 12.1 Å². The first-order chi connectivity index (χ1) is 11.3. The summed E-state index contributed by atoms with van der Waals surface area (Å²) in [4.78, 5) is 14.1. The Morgan fingerprint density at radius 1 is 0.957 bits per heavy atom. The average molecular weight is 309 g/mol. The third-order valence-corrected chi connectivity index (χ3v) is 4.44. The van der Waals surface area contributed by atoms with Gasteiger partial charge in [0.05, 0.1) is 0 Å². The predicted octanol–water partition coefficient (Wildman–Crippen LogP) is 3.59. The number of hydrogen-bond donors (Lipinski definition) is 0. The van der Waals surface area contributed by atoms with Crippen molar-refractivity contribution in [2.75, 3.05) is 19.9 Å². The summed E-state index contributed by atoms with van der Waals surface area (Å²) in [6, 6.07) is 10.1. The highest BCUT2D eigenvalue weighted by Gasteiger charge is 2.15. The second-order valence-corrected chi connectivity index (χ2v) is 6.03. The number of likely N-dealkylation sites (tertiary alicyclic amines) is 1. The summed E-state index contributed by atoms with van der Waals surface area (Å²) in [5, 5.41) is 2.19. The summed E-state index contributed by atoms with van der Waals surface area (Å²) in [6.45, 7) is 2.04. The molecule has 118 valence electrons. The Labute approximate surface area is 135 Å². The fourth-order valence-electron chi connectivity index (χ4n) is 3.15. The van der Waals surface area contributed by atoms with Crippen LogP contribution in [-0.4, -0.2) is 30.7 Å². The second-order valence-electron chi connectivity index (χ2n) is 6.03. The van der Waals surface area contributed by atoms with E-state index in [1.807, 2.05) is 35.2 Å². The molecule has 0 aromatic heterocycles. The average Bonchev–Trinajstić information content (AvgIpc) is 3.05. The Bertz CT molecular complexity index is 776. The van der Waals surface area contributed by atoms with E-state index in [9.17, 15) is 4.79 Å². The topological polar surface area (TPSA) is 38.8 Å². The van der Waals surface area contributed by atoms with E-state index in [-0.39, 0.29) is 12.7 Å². The molecular weight excluding hydrogens is 290 g/mol. The highest BCUT2D eigenvalue weighted by Crippen LogP contribution is 2.36. The van der Waals surface area contributed by atoms with E-state index in [0.717, 1.165) is 53.8 Å². The van der Waals surface area contributed by atoms with Crippen LogP contribution in [0.2, 0.25) is 0 Å². The van der Waals surface area contributed by atoms with Crippen LogP contribution in [0, 0.1) is 0 Å². The fourth-order valence-corrected chi connectivity index (χ4v) is 3.15. The molecule has 23 heavy (non-hydrogen) atoms. The Morgan fingerprint density at radius 2 is 1.70 bits per heavy atom. The molecule has 1 fully saturated rings. The number of piperidine rings is 1. The number of nitrogens with zero attached hydrogens (tertiary/aromatic N) is 1. The van der Waals surface area contributed by atoms with Crippen LogP contribution in [0.25, 0.3) is 16.8 Å². The SMILES string of the molecule is O=C(/C=C/c1ccc2cc3c(cc2c1)OCO3)N1CCCCC1. The van der Waals surface area contributed by atoms with Gasteiger partial charge in [-0.25, -0.2) is 0 Å². The maximum Gasteiger partial charge on any atom is 0.246 e. The standard InChI is InChI=1S/C19H19NO3/c21-19(20-8-2-1-3-9-20)7-5-14-4-6-15-11-17-18(23-13-22-17)12-16(15)10-14/h4-7,10-12H,1-3,8-9,13H2/b7-5+. The number of ether oxygens (including phenoxy) is 2. The van der Waals surface area contributed by atoms with Crippen molar-refractivity contribution in [2.45, 2.75) is 19.3 Å². The molecule has 0 saturated carbocycles. The zero-order chi connectivity index (χ0) is 15.6. The summed E-state index contributed by atoms with van der Waals surface area (Å²) in [5.41, 5.74) is 1.02. The van der Waals surface area contributed by atoms with Crippen LogP contribution in [0.5, 0.6) is 11.5 Å². The van der Waals surface area contributed by atoms with Crippen molar-refractivity contribution in [1.29, 1.82) is 0 Å². The van der Waals surface area contributed by atoms with Gasteiger partial charge in [-0.05, 0) is 59.9 Å². The molecule has 2 aromatic rings. The van der Waals surface area contributed by atoms with Crippen molar-refractivity contribution in [2.24, 2.45) is 0 Å². The Kier molecular flexibility index (Phi) is 3.66. The van der Waals surface area contributed by atoms with Crippen molar-refractivity contribution in [3.05, 3.63) is 42.0 Å². The molecule has 0 bridgehead atoms. The maximum atomic E-state index is 12.2. The first-order valence-corrected chi connectivity index (χ1v) is 8.10. The minimum atomic E-state index is 0.107. The molecule has 1 saturated heterocycles. The number of rotatable bonds is 2. The van der Waals surface area contributed by atoms with Crippen LogP contribution in [0.1, 0.15) is 24.8 Å². The molecule has 0 atom stereocenters. The lowest BCUT2D eigenvalue weighted by molar-refractivity contribution is -0.126. The number of carbonyl (C=O) groups is 1. The van der Waals surface area contributed by atoms with E-state index in [4.69, 9.17) is 9.47 Å². The molecule has 0 radical (unpaired) electrons. The highest BCUT2D eigenvalue weighted by molar-refractivity contribution is 5.93. The van der Waals surface area contributed by atoms with Gasteiger partial charge in [0.25, 0.3) is 0 Å². The molecule has 4 nitrogen and oxygen atoms in total. The van der Waals surface area contributed by atoms with E-state index in [0.29, 0.717) is 0 Å². The summed E-state index contributed by atoms with van der Waals surface area (Å²) in [6.07, 6.45) is 7.03. The smallest absolute Gasteiger partial charge is 0.246 e. The van der Waals surface area contributed by atoms with Crippen LogP contribution in [0.4, 0.5) is 0 Å². The van der Waals surface area contributed by atoms with E-state index in [1.165, 1.54) is 6.42 Å². The normalized spacial score (nSPS) is 17.1. The summed E-state index contributed by atoms with van der Waals surface area (Å²) >= 11 is 0. The van der Waals surface area contributed by atoms with E-state index in [1.54, 1.807) is 6.08 Å². The van der Waals surface area contributed by atoms with Gasteiger partial charge in [-0.3, -0.25) is 4.79 Å². The molecule has 0 spiro atoms. The maximum absolute atomic E-state index is 12.2. The molecule has 2 aliphatic rings. The molecule has 4 heteroatoms. The summed E-state index contributed by atoms with van der Waals surface area (Å²) in [5.74, 6) is 1.68. The quantitative estimate of drug-likeness (QED) is 0.796. The Hall–Kier alpha value is -2.49. The van der Waals surface area contributed by atoms with Gasteiger partial charge in [0, 0.05) is 19.2 Å². The number of benzene rings is 2. The van der Waals surface area contributed by atoms with Crippen molar-refractivity contribution >= 4 is 22.8 Å². The zero-order valence-corrected chi connectivity index (χ0v) is 13.0. The number of amides is 1. The first kappa shape index (κ1) is 14.1. The van der Waals surface area contributed by atoms with Crippen LogP contribution >= 0.6 is 0 Å². The number of carbonyl (C=O) groups excluding carboxylic acids is 1. The van der Waals surface area contributed by atoms with Crippen LogP contribution in [0.3, 0.4) is 0 Å². The third kappa shape index (κ3) is 2.89. The second kappa shape index (κ2) is 5.95. The molecule has 2 aliphatic heterocycles. The highest BCUT2D eigenvalue weighted by atomic mass is 16.7. The molecule has 0 unspecified atom stereocenters. The molecule has 2 heterocycles. The molecule has 0 N–H and O–H groups in total. The molecule has 0 aliphatic carbocycles. The summed E-state index contributed by atoms with van der Waals surface area (Å²) in [7, 11) is 0.